The molecule has 5 heteroatoms. The zero-order valence-electron chi connectivity index (χ0n) is 14.8. The van der Waals surface area contributed by atoms with Gasteiger partial charge in [-0.05, 0) is 51.7 Å². The molecular formula is C19H25NO4. The van der Waals surface area contributed by atoms with Crippen LogP contribution in [0.5, 0.6) is 0 Å². The number of ether oxygens (including phenoxy) is 1. The molecule has 0 radical (unpaired) electrons. The number of fused-ring (bicyclic) bond motifs is 1. The Bertz CT molecular complexity index is 610. The first-order valence-electron chi connectivity index (χ1n) is 8.36. The average molecular weight is 331 g/mol. The van der Waals surface area contributed by atoms with Gasteiger partial charge in [-0.3, -0.25) is 19.3 Å². The Morgan fingerprint density at radius 2 is 1.67 bits per heavy atom. The predicted molar refractivity (Wildman–Crippen MR) is 90.7 cm³/mol. The van der Waals surface area contributed by atoms with Gasteiger partial charge in [0.25, 0.3) is 11.8 Å². The van der Waals surface area contributed by atoms with Gasteiger partial charge >= 0.3 is 5.97 Å². The number of amides is 2. The third-order valence-corrected chi connectivity index (χ3v) is 3.89. The Balaban J connectivity index is 1.80. The summed E-state index contributed by atoms with van der Waals surface area (Å²) in [5.74, 6) is -0.517. The summed E-state index contributed by atoms with van der Waals surface area (Å²) in [5.41, 5.74) is 0.477. The molecule has 0 fully saturated rings. The number of imide groups is 1. The lowest BCUT2D eigenvalue weighted by atomic mass is 10.0. The van der Waals surface area contributed by atoms with Gasteiger partial charge in [-0.25, -0.2) is 0 Å². The van der Waals surface area contributed by atoms with E-state index in [0.29, 0.717) is 30.5 Å². The first-order chi connectivity index (χ1) is 11.2. The molecule has 1 aliphatic rings. The molecule has 2 rings (SSSR count). The highest BCUT2D eigenvalue weighted by molar-refractivity contribution is 6.21. The van der Waals surface area contributed by atoms with Gasteiger partial charge in [-0.2, -0.15) is 0 Å². The second-order valence-electron chi connectivity index (χ2n) is 7.35. The fourth-order valence-corrected chi connectivity index (χ4v) is 2.81. The second-order valence-corrected chi connectivity index (χ2v) is 7.35. The summed E-state index contributed by atoms with van der Waals surface area (Å²) in [6.45, 7) is 7.89. The summed E-state index contributed by atoms with van der Waals surface area (Å²) >= 11 is 0. The van der Waals surface area contributed by atoms with Crippen LogP contribution < -0.4 is 0 Å². The lowest BCUT2D eigenvalue weighted by Gasteiger charge is -2.21. The van der Waals surface area contributed by atoms with Crippen LogP contribution in [0.1, 0.15) is 67.7 Å². The molecule has 0 bridgehead atoms. The standard InChI is InChI=1S/C19H25NO4/c1-13(12-16(21)24-19(2,3)4)8-7-11-20-17(22)14-9-5-6-10-15(14)18(20)23/h5-6,9-10,13H,7-8,11-12H2,1-4H3. The van der Waals surface area contributed by atoms with Crippen LogP contribution in [-0.2, 0) is 9.53 Å². The first-order valence-corrected chi connectivity index (χ1v) is 8.36. The zero-order chi connectivity index (χ0) is 17.9. The van der Waals surface area contributed by atoms with Crippen molar-refractivity contribution in [3.05, 3.63) is 35.4 Å². The molecule has 0 spiro atoms. The fraction of sp³-hybridized carbons (Fsp3) is 0.526. The van der Waals surface area contributed by atoms with Crippen molar-refractivity contribution in [2.45, 2.75) is 52.6 Å². The molecule has 1 unspecified atom stereocenters. The van der Waals surface area contributed by atoms with Gasteiger partial charge in [0, 0.05) is 13.0 Å². The third-order valence-electron chi connectivity index (χ3n) is 3.89. The van der Waals surface area contributed by atoms with Gasteiger partial charge in [0.2, 0.25) is 0 Å². The molecule has 1 atom stereocenters. The van der Waals surface area contributed by atoms with Crippen LogP contribution >= 0.6 is 0 Å². The van der Waals surface area contributed by atoms with Crippen LogP contribution in [0.25, 0.3) is 0 Å². The number of rotatable bonds is 6. The maximum Gasteiger partial charge on any atom is 0.306 e. The molecule has 0 N–H and O–H groups in total. The summed E-state index contributed by atoms with van der Waals surface area (Å²) in [4.78, 5) is 37.6. The monoisotopic (exact) mass is 331 g/mol. The summed E-state index contributed by atoms with van der Waals surface area (Å²) in [6.07, 6.45) is 1.78. The van der Waals surface area contributed by atoms with Crippen LogP contribution in [0.4, 0.5) is 0 Å². The van der Waals surface area contributed by atoms with E-state index < -0.39 is 5.60 Å². The van der Waals surface area contributed by atoms with Crippen molar-refractivity contribution in [1.82, 2.24) is 4.90 Å². The molecule has 2 amide bonds. The van der Waals surface area contributed by atoms with Crippen molar-refractivity contribution in [3.8, 4) is 0 Å². The van der Waals surface area contributed by atoms with E-state index in [1.165, 1.54) is 4.90 Å². The number of esters is 1. The highest BCUT2D eigenvalue weighted by atomic mass is 16.6. The summed E-state index contributed by atoms with van der Waals surface area (Å²) < 4.78 is 5.31. The first kappa shape index (κ1) is 18.2. The molecule has 0 aliphatic carbocycles. The van der Waals surface area contributed by atoms with E-state index in [9.17, 15) is 14.4 Å². The quantitative estimate of drug-likeness (QED) is 0.592. The lowest BCUT2D eigenvalue weighted by Crippen LogP contribution is -2.31. The van der Waals surface area contributed by atoms with Gasteiger partial charge in [0.15, 0.2) is 0 Å². The largest absolute Gasteiger partial charge is 0.460 e. The topological polar surface area (TPSA) is 63.7 Å². The minimum absolute atomic E-state index is 0.148. The summed E-state index contributed by atoms with van der Waals surface area (Å²) in [6, 6.07) is 6.88. The molecule has 130 valence electrons. The van der Waals surface area contributed by atoms with Gasteiger partial charge in [-0.1, -0.05) is 19.1 Å². The highest BCUT2D eigenvalue weighted by Crippen LogP contribution is 2.23. The molecule has 5 nitrogen and oxygen atoms in total. The Kier molecular flexibility index (Phi) is 5.42. The van der Waals surface area contributed by atoms with Crippen molar-refractivity contribution in [3.63, 3.8) is 0 Å². The Hall–Kier alpha value is -2.17. The van der Waals surface area contributed by atoms with Gasteiger partial charge in [0.1, 0.15) is 5.60 Å². The molecular weight excluding hydrogens is 306 g/mol. The molecule has 1 aromatic carbocycles. The smallest absolute Gasteiger partial charge is 0.306 e. The van der Waals surface area contributed by atoms with Crippen molar-refractivity contribution in [2.24, 2.45) is 5.92 Å². The summed E-state index contributed by atoms with van der Waals surface area (Å²) in [5, 5.41) is 0. The van der Waals surface area contributed by atoms with E-state index in [2.05, 4.69) is 0 Å². The molecule has 24 heavy (non-hydrogen) atoms. The number of carbonyl (C=O) groups excluding carboxylic acids is 3. The minimum Gasteiger partial charge on any atom is -0.460 e. The Morgan fingerprint density at radius 1 is 1.12 bits per heavy atom. The fourth-order valence-electron chi connectivity index (χ4n) is 2.81. The van der Waals surface area contributed by atoms with Gasteiger partial charge in [0.05, 0.1) is 11.1 Å². The second kappa shape index (κ2) is 7.16. The van der Waals surface area contributed by atoms with Gasteiger partial charge in [-0.15, -0.1) is 0 Å². The molecule has 1 aromatic rings. The number of nitrogens with zero attached hydrogens (tertiary/aromatic N) is 1. The van der Waals surface area contributed by atoms with Crippen molar-refractivity contribution in [1.29, 1.82) is 0 Å². The van der Waals surface area contributed by atoms with E-state index >= 15 is 0 Å². The molecule has 0 saturated carbocycles. The van der Waals surface area contributed by atoms with E-state index in [4.69, 9.17) is 4.74 Å². The Labute approximate surface area is 143 Å². The predicted octanol–water partition coefficient (Wildman–Crippen LogP) is 3.43. The maximum absolute atomic E-state index is 12.2. The normalized spacial score (nSPS) is 15.4. The van der Waals surface area contributed by atoms with Crippen LogP contribution in [0.2, 0.25) is 0 Å². The van der Waals surface area contributed by atoms with Crippen LogP contribution in [0.15, 0.2) is 24.3 Å². The van der Waals surface area contributed by atoms with E-state index in [1.807, 2.05) is 27.7 Å². The van der Waals surface area contributed by atoms with Gasteiger partial charge < -0.3 is 4.74 Å². The van der Waals surface area contributed by atoms with Crippen LogP contribution in [0, 0.1) is 5.92 Å². The summed E-state index contributed by atoms with van der Waals surface area (Å²) in [7, 11) is 0. The SMILES string of the molecule is CC(CCCN1C(=O)c2ccccc2C1=O)CC(=O)OC(C)(C)C. The van der Waals surface area contributed by atoms with E-state index in [-0.39, 0.29) is 23.7 Å². The highest BCUT2D eigenvalue weighted by Gasteiger charge is 2.34. The lowest BCUT2D eigenvalue weighted by molar-refractivity contribution is -0.155. The molecule has 1 aliphatic heterocycles. The number of benzene rings is 1. The van der Waals surface area contributed by atoms with E-state index in [0.717, 1.165) is 6.42 Å². The maximum atomic E-state index is 12.2. The molecule has 1 heterocycles. The minimum atomic E-state index is -0.475. The number of carbonyl (C=O) groups is 3. The van der Waals surface area contributed by atoms with Crippen molar-refractivity contribution in [2.75, 3.05) is 6.54 Å². The molecule has 0 saturated heterocycles. The number of hydrogen-bond donors (Lipinski definition) is 0. The molecule has 0 aromatic heterocycles. The van der Waals surface area contributed by atoms with E-state index in [1.54, 1.807) is 24.3 Å². The Morgan fingerprint density at radius 3 is 2.17 bits per heavy atom. The number of hydrogen-bond acceptors (Lipinski definition) is 4. The van der Waals surface area contributed by atoms with Crippen molar-refractivity contribution < 1.29 is 19.1 Å². The van der Waals surface area contributed by atoms with Crippen LogP contribution in [-0.4, -0.2) is 34.8 Å². The third kappa shape index (κ3) is 4.43. The van der Waals surface area contributed by atoms with Crippen LogP contribution in [0.3, 0.4) is 0 Å². The zero-order valence-corrected chi connectivity index (χ0v) is 14.8. The average Bonchev–Trinajstić information content (AvgIpc) is 2.70. The van der Waals surface area contributed by atoms with Crippen molar-refractivity contribution >= 4 is 17.8 Å².